The normalized spacial score (nSPS) is 11.1. The maximum absolute atomic E-state index is 10.3. The van der Waals surface area contributed by atoms with Crippen LogP contribution in [0.5, 0.6) is 11.5 Å². The summed E-state index contributed by atoms with van der Waals surface area (Å²) in [6.45, 7) is 3.93. The van der Waals surface area contributed by atoms with Crippen LogP contribution in [-0.4, -0.2) is 16.8 Å². The number of phenols is 1. The Labute approximate surface area is 135 Å². The first-order valence-corrected chi connectivity index (χ1v) is 7.12. The fraction of sp³-hybridized carbons (Fsp3) is 0.176. The first kappa shape index (κ1) is 16.4. The molecule has 6 heteroatoms. The number of aromatic hydroxyl groups is 1. The minimum absolute atomic E-state index is 0.0996. The van der Waals surface area contributed by atoms with Crippen LogP contribution in [-0.2, 0) is 6.61 Å². The number of guanidine groups is 1. The highest BCUT2D eigenvalue weighted by molar-refractivity contribution is 6.01. The minimum Gasteiger partial charge on any atom is -0.507 e. The summed E-state index contributed by atoms with van der Waals surface area (Å²) in [5.41, 5.74) is 13.2. The first-order valence-electron chi connectivity index (χ1n) is 7.12. The van der Waals surface area contributed by atoms with Crippen LogP contribution in [0.1, 0.15) is 23.6 Å². The Hall–Kier alpha value is -3.02. The summed E-state index contributed by atoms with van der Waals surface area (Å²) >= 11 is 0. The van der Waals surface area contributed by atoms with E-state index in [-0.39, 0.29) is 11.7 Å². The van der Waals surface area contributed by atoms with E-state index in [1.54, 1.807) is 26.0 Å². The zero-order chi connectivity index (χ0) is 16.8. The predicted molar refractivity (Wildman–Crippen MR) is 91.6 cm³/mol. The predicted octanol–water partition coefficient (Wildman–Crippen LogP) is 2.28. The van der Waals surface area contributed by atoms with Crippen molar-refractivity contribution in [2.75, 3.05) is 0 Å². The van der Waals surface area contributed by atoms with Gasteiger partial charge in [0.15, 0.2) is 0 Å². The molecule has 0 bridgehead atoms. The van der Waals surface area contributed by atoms with Crippen LogP contribution in [0.4, 0.5) is 0 Å². The topological polar surface area (TPSA) is 106 Å². The quantitative estimate of drug-likeness (QED) is 0.447. The van der Waals surface area contributed by atoms with E-state index in [2.05, 4.69) is 10.2 Å². The lowest BCUT2D eigenvalue weighted by Crippen LogP contribution is -2.22. The SMILES string of the molecule is C/C(=N/N=C(N)N)c1ccc(OCc2ccccc2)c(C)c1O. The number of hydrogen-bond donors (Lipinski definition) is 3. The van der Waals surface area contributed by atoms with E-state index in [1.807, 2.05) is 30.3 Å². The number of nitrogens with two attached hydrogens (primary N) is 2. The van der Waals surface area contributed by atoms with Crippen LogP contribution in [0.2, 0.25) is 0 Å². The van der Waals surface area contributed by atoms with Gasteiger partial charge in [-0.25, -0.2) is 0 Å². The summed E-state index contributed by atoms with van der Waals surface area (Å²) in [6, 6.07) is 13.3. The lowest BCUT2D eigenvalue weighted by molar-refractivity contribution is 0.302. The summed E-state index contributed by atoms with van der Waals surface area (Å²) < 4.78 is 5.77. The number of ether oxygens (including phenoxy) is 1. The van der Waals surface area contributed by atoms with Crippen molar-refractivity contribution in [2.45, 2.75) is 20.5 Å². The van der Waals surface area contributed by atoms with Gasteiger partial charge in [-0.2, -0.15) is 5.10 Å². The van der Waals surface area contributed by atoms with Gasteiger partial charge in [0.2, 0.25) is 5.96 Å². The third-order valence-electron chi connectivity index (χ3n) is 3.32. The molecule has 2 rings (SSSR count). The molecule has 23 heavy (non-hydrogen) atoms. The van der Waals surface area contributed by atoms with Crippen molar-refractivity contribution in [3.63, 3.8) is 0 Å². The van der Waals surface area contributed by atoms with Crippen LogP contribution in [0.25, 0.3) is 0 Å². The molecular weight excluding hydrogens is 292 g/mol. The van der Waals surface area contributed by atoms with Crippen LogP contribution >= 0.6 is 0 Å². The van der Waals surface area contributed by atoms with E-state index in [1.165, 1.54) is 0 Å². The van der Waals surface area contributed by atoms with Crippen LogP contribution in [0.3, 0.4) is 0 Å². The second-order valence-electron chi connectivity index (χ2n) is 5.07. The Balaban J connectivity index is 2.20. The average Bonchev–Trinajstić information content (AvgIpc) is 2.55. The molecule has 0 radical (unpaired) electrons. The van der Waals surface area contributed by atoms with Crippen molar-refractivity contribution in [3.8, 4) is 11.5 Å². The van der Waals surface area contributed by atoms with Crippen LogP contribution in [0, 0.1) is 6.92 Å². The molecule has 0 unspecified atom stereocenters. The van der Waals surface area contributed by atoms with E-state index >= 15 is 0 Å². The molecule has 0 amide bonds. The molecular formula is C17H20N4O2. The monoisotopic (exact) mass is 312 g/mol. The van der Waals surface area contributed by atoms with Gasteiger partial charge in [-0.3, -0.25) is 0 Å². The molecule has 2 aromatic rings. The van der Waals surface area contributed by atoms with Gasteiger partial charge in [0, 0.05) is 11.1 Å². The highest BCUT2D eigenvalue weighted by atomic mass is 16.5. The number of phenolic OH excluding ortho intramolecular Hbond substituents is 1. The summed E-state index contributed by atoms with van der Waals surface area (Å²) in [5.74, 6) is 0.579. The lowest BCUT2D eigenvalue weighted by atomic mass is 10.1. The van der Waals surface area contributed by atoms with Crippen molar-refractivity contribution >= 4 is 11.7 Å². The number of hydrogen-bond acceptors (Lipinski definition) is 4. The standard InChI is InChI=1S/C17H20N4O2/c1-11-15(23-10-13-6-4-3-5-7-13)9-8-14(16(11)22)12(2)20-21-17(18)19/h3-9,22H,10H2,1-2H3,(H4,18,19,21)/b20-12-. The van der Waals surface area contributed by atoms with Crippen molar-refractivity contribution in [2.24, 2.45) is 21.7 Å². The zero-order valence-electron chi connectivity index (χ0n) is 13.2. The summed E-state index contributed by atoms with van der Waals surface area (Å²) in [5, 5.41) is 17.8. The summed E-state index contributed by atoms with van der Waals surface area (Å²) in [6.07, 6.45) is 0. The largest absolute Gasteiger partial charge is 0.507 e. The summed E-state index contributed by atoms with van der Waals surface area (Å²) in [7, 11) is 0. The molecule has 0 saturated heterocycles. The Morgan fingerprint density at radius 3 is 2.43 bits per heavy atom. The molecule has 6 nitrogen and oxygen atoms in total. The van der Waals surface area contributed by atoms with E-state index < -0.39 is 0 Å². The van der Waals surface area contributed by atoms with Gasteiger partial charge in [0.05, 0.1) is 5.71 Å². The third-order valence-corrected chi connectivity index (χ3v) is 3.32. The smallest absolute Gasteiger partial charge is 0.211 e. The Bertz CT molecular complexity index is 736. The average molecular weight is 312 g/mol. The van der Waals surface area contributed by atoms with E-state index in [9.17, 15) is 5.11 Å². The maximum atomic E-state index is 10.3. The third kappa shape index (κ3) is 4.23. The highest BCUT2D eigenvalue weighted by Gasteiger charge is 2.12. The molecule has 0 aliphatic rings. The van der Waals surface area contributed by atoms with Gasteiger partial charge in [-0.1, -0.05) is 30.3 Å². The number of nitrogens with zero attached hydrogens (tertiary/aromatic N) is 2. The van der Waals surface area contributed by atoms with Crippen molar-refractivity contribution in [1.82, 2.24) is 0 Å². The molecule has 0 atom stereocenters. The number of rotatable bonds is 5. The molecule has 5 N–H and O–H groups in total. The Morgan fingerprint density at radius 1 is 1.09 bits per heavy atom. The molecule has 0 aliphatic heterocycles. The van der Waals surface area contributed by atoms with Crippen molar-refractivity contribution in [3.05, 3.63) is 59.2 Å². The van der Waals surface area contributed by atoms with Gasteiger partial charge in [0.25, 0.3) is 0 Å². The van der Waals surface area contributed by atoms with E-state index in [0.29, 0.717) is 29.2 Å². The van der Waals surface area contributed by atoms with E-state index in [4.69, 9.17) is 16.2 Å². The summed E-state index contributed by atoms with van der Waals surface area (Å²) in [4.78, 5) is 0. The first-order chi connectivity index (χ1) is 11.0. The van der Waals surface area contributed by atoms with Crippen LogP contribution < -0.4 is 16.2 Å². The lowest BCUT2D eigenvalue weighted by Gasteiger charge is -2.13. The van der Waals surface area contributed by atoms with Gasteiger partial charge in [-0.05, 0) is 31.5 Å². The molecule has 0 saturated carbocycles. The second-order valence-corrected chi connectivity index (χ2v) is 5.07. The highest BCUT2D eigenvalue weighted by Crippen LogP contribution is 2.31. The second kappa shape index (κ2) is 7.31. The van der Waals surface area contributed by atoms with Gasteiger partial charge in [-0.15, -0.1) is 5.10 Å². The molecule has 2 aromatic carbocycles. The molecule has 0 fully saturated rings. The van der Waals surface area contributed by atoms with Gasteiger partial charge >= 0.3 is 0 Å². The number of benzene rings is 2. The molecule has 120 valence electrons. The van der Waals surface area contributed by atoms with Crippen LogP contribution in [0.15, 0.2) is 52.7 Å². The minimum atomic E-state index is -0.136. The molecule has 0 aliphatic carbocycles. The maximum Gasteiger partial charge on any atom is 0.211 e. The molecule has 0 heterocycles. The zero-order valence-corrected chi connectivity index (χ0v) is 13.2. The molecule has 0 aromatic heterocycles. The van der Waals surface area contributed by atoms with Crippen molar-refractivity contribution in [1.29, 1.82) is 0 Å². The van der Waals surface area contributed by atoms with Gasteiger partial charge in [0.1, 0.15) is 18.1 Å². The van der Waals surface area contributed by atoms with E-state index in [0.717, 1.165) is 5.56 Å². The van der Waals surface area contributed by atoms with Gasteiger partial charge < -0.3 is 21.3 Å². The Morgan fingerprint density at radius 2 is 1.78 bits per heavy atom. The fourth-order valence-electron chi connectivity index (χ4n) is 2.05. The van der Waals surface area contributed by atoms with Crippen molar-refractivity contribution < 1.29 is 9.84 Å². The Kier molecular flexibility index (Phi) is 5.19. The molecule has 0 spiro atoms. The fourth-order valence-corrected chi connectivity index (χ4v) is 2.05.